The molecule has 6 heteroatoms. The average molecular weight is 421 g/mol. The van der Waals surface area contributed by atoms with Gasteiger partial charge in [0.05, 0.1) is 5.56 Å². The van der Waals surface area contributed by atoms with E-state index in [-0.39, 0.29) is 5.56 Å². The van der Waals surface area contributed by atoms with E-state index in [0.717, 1.165) is 11.4 Å². The molecule has 1 amide bonds. The van der Waals surface area contributed by atoms with Gasteiger partial charge in [-0.1, -0.05) is 36.4 Å². The number of amides is 1. The topological polar surface area (TPSA) is 75.4 Å². The number of aromatic nitrogens is 1. The summed E-state index contributed by atoms with van der Waals surface area (Å²) in [5.74, 6) is -0.150. The molecular formula is C26H19N3O3. The quantitative estimate of drug-likeness (QED) is 0.398. The Morgan fingerprint density at radius 2 is 1.59 bits per heavy atom. The summed E-state index contributed by atoms with van der Waals surface area (Å²) in [4.78, 5) is 31.9. The Kier molecular flexibility index (Phi) is 4.88. The van der Waals surface area contributed by atoms with Crippen molar-refractivity contribution in [1.82, 2.24) is 4.98 Å². The van der Waals surface area contributed by atoms with Crippen molar-refractivity contribution >= 4 is 34.1 Å². The van der Waals surface area contributed by atoms with E-state index in [1.807, 2.05) is 78.7 Å². The summed E-state index contributed by atoms with van der Waals surface area (Å²) in [6.07, 6.45) is 0. The summed E-state index contributed by atoms with van der Waals surface area (Å²) in [5.41, 5.74) is 3.81. The van der Waals surface area contributed by atoms with E-state index >= 15 is 0 Å². The maximum absolute atomic E-state index is 12.6. The van der Waals surface area contributed by atoms with Crippen LogP contribution in [0, 0.1) is 0 Å². The summed E-state index contributed by atoms with van der Waals surface area (Å²) in [6.45, 7) is 0. The molecule has 2 aliphatic rings. The molecule has 1 N–H and O–H groups in total. The SMILES string of the molecule is CN(c1ccccc1)c1ccc2nc3cc(C(=O)Nc4ccccc4)c(=O)cc-3oc2c1. The lowest BCUT2D eigenvalue weighted by Crippen LogP contribution is -2.21. The minimum Gasteiger partial charge on any atom is -0.453 e. The van der Waals surface area contributed by atoms with Crippen LogP contribution in [-0.2, 0) is 0 Å². The van der Waals surface area contributed by atoms with Crippen LogP contribution in [0.15, 0.2) is 100 Å². The molecule has 6 nitrogen and oxygen atoms in total. The number of rotatable bonds is 4. The van der Waals surface area contributed by atoms with Gasteiger partial charge in [-0.25, -0.2) is 4.98 Å². The molecule has 1 aliphatic heterocycles. The van der Waals surface area contributed by atoms with E-state index in [9.17, 15) is 9.59 Å². The highest BCUT2D eigenvalue weighted by molar-refractivity contribution is 6.05. The molecule has 1 aliphatic carbocycles. The Bertz CT molecular complexity index is 1450. The van der Waals surface area contributed by atoms with Crippen molar-refractivity contribution in [1.29, 1.82) is 0 Å². The van der Waals surface area contributed by atoms with Gasteiger partial charge in [0.25, 0.3) is 5.91 Å². The highest BCUT2D eigenvalue weighted by Crippen LogP contribution is 2.30. The van der Waals surface area contributed by atoms with Crippen LogP contribution in [0.2, 0.25) is 0 Å². The molecule has 156 valence electrons. The van der Waals surface area contributed by atoms with Crippen molar-refractivity contribution < 1.29 is 9.21 Å². The first-order valence-corrected chi connectivity index (χ1v) is 10.1. The van der Waals surface area contributed by atoms with Crippen LogP contribution in [0.1, 0.15) is 10.4 Å². The maximum atomic E-state index is 12.6. The van der Waals surface area contributed by atoms with Gasteiger partial charge in [-0.15, -0.1) is 0 Å². The number of fused-ring (bicyclic) bond motifs is 2. The van der Waals surface area contributed by atoms with Gasteiger partial charge in [0.2, 0.25) is 0 Å². The lowest BCUT2D eigenvalue weighted by atomic mass is 10.1. The van der Waals surface area contributed by atoms with Gasteiger partial charge in [-0.3, -0.25) is 9.59 Å². The van der Waals surface area contributed by atoms with E-state index in [1.165, 1.54) is 12.1 Å². The summed E-state index contributed by atoms with van der Waals surface area (Å²) in [7, 11) is 1.97. The van der Waals surface area contributed by atoms with E-state index < -0.39 is 11.3 Å². The van der Waals surface area contributed by atoms with Crippen LogP contribution in [0.5, 0.6) is 0 Å². The van der Waals surface area contributed by atoms with Crippen molar-refractivity contribution in [3.63, 3.8) is 0 Å². The van der Waals surface area contributed by atoms with Crippen LogP contribution in [0.4, 0.5) is 17.1 Å². The maximum Gasteiger partial charge on any atom is 0.259 e. The number of nitrogens with one attached hydrogen (secondary N) is 1. The third-order valence-electron chi connectivity index (χ3n) is 5.27. The zero-order valence-electron chi connectivity index (χ0n) is 17.3. The van der Waals surface area contributed by atoms with Gasteiger partial charge in [0, 0.05) is 36.2 Å². The van der Waals surface area contributed by atoms with Crippen LogP contribution in [0.3, 0.4) is 0 Å². The van der Waals surface area contributed by atoms with E-state index in [0.29, 0.717) is 28.2 Å². The number of para-hydroxylation sites is 2. The first-order valence-electron chi connectivity index (χ1n) is 10.1. The Labute approximate surface area is 184 Å². The fraction of sp³-hybridized carbons (Fsp3) is 0.0385. The summed E-state index contributed by atoms with van der Waals surface area (Å²) in [6, 6.07) is 27.4. The molecule has 32 heavy (non-hydrogen) atoms. The minimum atomic E-state index is -0.482. The molecule has 3 aromatic rings. The molecule has 0 saturated carbocycles. The molecule has 0 unspecified atom stereocenters. The second-order valence-corrected chi connectivity index (χ2v) is 7.40. The predicted octanol–water partition coefficient (Wildman–Crippen LogP) is 5.31. The average Bonchev–Trinajstić information content (AvgIpc) is 2.82. The first-order chi connectivity index (χ1) is 15.6. The van der Waals surface area contributed by atoms with E-state index in [4.69, 9.17) is 4.42 Å². The van der Waals surface area contributed by atoms with Gasteiger partial charge in [0.1, 0.15) is 11.2 Å². The van der Waals surface area contributed by atoms with Crippen molar-refractivity contribution in [3.05, 3.63) is 107 Å². The summed E-state index contributed by atoms with van der Waals surface area (Å²) < 4.78 is 5.99. The van der Waals surface area contributed by atoms with Crippen molar-refractivity contribution in [3.8, 4) is 11.5 Å². The summed E-state index contributed by atoms with van der Waals surface area (Å²) in [5, 5.41) is 2.73. The normalized spacial score (nSPS) is 10.9. The molecule has 0 bridgehead atoms. The van der Waals surface area contributed by atoms with Crippen LogP contribution in [-0.4, -0.2) is 17.9 Å². The lowest BCUT2D eigenvalue weighted by Gasteiger charge is -2.19. The lowest BCUT2D eigenvalue weighted by molar-refractivity contribution is 0.102. The van der Waals surface area contributed by atoms with Crippen molar-refractivity contribution in [2.75, 3.05) is 17.3 Å². The second kappa shape index (κ2) is 8.00. The number of carbonyl (C=O) groups excluding carboxylic acids is 1. The van der Waals surface area contributed by atoms with Crippen molar-refractivity contribution in [2.45, 2.75) is 0 Å². The monoisotopic (exact) mass is 421 g/mol. The molecule has 0 spiro atoms. The first kappa shape index (κ1) is 19.5. The third-order valence-corrected chi connectivity index (χ3v) is 5.27. The zero-order chi connectivity index (χ0) is 22.1. The largest absolute Gasteiger partial charge is 0.453 e. The standard InChI is InChI=1S/C26H19N3O3/c1-29(18-10-6-3-7-11-18)19-12-13-21-24(14-19)32-25-16-23(30)20(15-22(25)28-21)26(31)27-17-8-4-2-5-9-17/h2-16H,1H3,(H,27,31). The van der Waals surface area contributed by atoms with Crippen LogP contribution in [0.25, 0.3) is 22.6 Å². The smallest absolute Gasteiger partial charge is 0.259 e. The van der Waals surface area contributed by atoms with Crippen molar-refractivity contribution in [2.24, 2.45) is 0 Å². The predicted molar refractivity (Wildman–Crippen MR) is 126 cm³/mol. The van der Waals surface area contributed by atoms with E-state index in [1.54, 1.807) is 12.1 Å². The number of nitrogens with zero attached hydrogens (tertiary/aromatic N) is 2. The number of hydrogen-bond donors (Lipinski definition) is 1. The molecule has 0 atom stereocenters. The van der Waals surface area contributed by atoms with Crippen LogP contribution >= 0.6 is 0 Å². The number of carbonyl (C=O) groups is 1. The van der Waals surface area contributed by atoms with Gasteiger partial charge in [-0.05, 0) is 42.5 Å². The Balaban J connectivity index is 1.52. The Morgan fingerprint density at radius 3 is 2.34 bits per heavy atom. The number of hydrogen-bond acceptors (Lipinski definition) is 5. The molecule has 3 aromatic carbocycles. The third kappa shape index (κ3) is 3.70. The van der Waals surface area contributed by atoms with Gasteiger partial charge < -0.3 is 14.6 Å². The fourth-order valence-corrected chi connectivity index (χ4v) is 3.55. The fourth-order valence-electron chi connectivity index (χ4n) is 3.55. The molecule has 0 aromatic heterocycles. The van der Waals surface area contributed by atoms with Gasteiger partial charge in [-0.2, -0.15) is 0 Å². The number of anilines is 3. The highest BCUT2D eigenvalue weighted by atomic mass is 16.3. The molecular weight excluding hydrogens is 402 g/mol. The molecule has 1 heterocycles. The highest BCUT2D eigenvalue weighted by Gasteiger charge is 2.18. The van der Waals surface area contributed by atoms with Crippen LogP contribution < -0.4 is 15.6 Å². The molecule has 0 radical (unpaired) electrons. The van der Waals surface area contributed by atoms with Gasteiger partial charge >= 0.3 is 0 Å². The number of benzene rings is 4. The minimum absolute atomic E-state index is 0.0174. The molecule has 5 rings (SSSR count). The Morgan fingerprint density at radius 1 is 0.875 bits per heavy atom. The second-order valence-electron chi connectivity index (χ2n) is 7.40. The summed E-state index contributed by atoms with van der Waals surface area (Å²) >= 11 is 0. The van der Waals surface area contributed by atoms with Gasteiger partial charge in [0.15, 0.2) is 16.8 Å². The zero-order valence-corrected chi connectivity index (χ0v) is 17.3. The molecule has 0 fully saturated rings. The van der Waals surface area contributed by atoms with E-state index in [2.05, 4.69) is 10.3 Å². The molecule has 0 saturated heterocycles. The Hall–Kier alpha value is -4.45.